The first-order chi connectivity index (χ1) is 11.1. The van der Waals surface area contributed by atoms with E-state index in [1.807, 2.05) is 18.2 Å². The first kappa shape index (κ1) is 15.1. The molecule has 3 aromatic rings. The van der Waals surface area contributed by atoms with Gasteiger partial charge in [-0.1, -0.05) is 30.3 Å². The van der Waals surface area contributed by atoms with Crippen LogP contribution in [0.1, 0.15) is 21.7 Å². The van der Waals surface area contributed by atoms with Gasteiger partial charge in [0.2, 0.25) is 0 Å². The summed E-state index contributed by atoms with van der Waals surface area (Å²) in [5.41, 5.74) is 5.20. The Morgan fingerprint density at radius 1 is 1.26 bits per heavy atom. The van der Waals surface area contributed by atoms with Gasteiger partial charge in [-0.25, -0.2) is 0 Å². The number of rotatable bonds is 5. The number of amides is 1. The Hall–Kier alpha value is -2.82. The molecular formula is C18H20N4O. The van der Waals surface area contributed by atoms with Gasteiger partial charge in [0.25, 0.3) is 5.91 Å². The van der Waals surface area contributed by atoms with Crippen LogP contribution < -0.4 is 5.32 Å². The number of aromatic amines is 1. The summed E-state index contributed by atoms with van der Waals surface area (Å²) in [5, 5.41) is 6.94. The van der Waals surface area contributed by atoms with Crippen LogP contribution in [-0.2, 0) is 13.5 Å². The molecule has 2 heterocycles. The van der Waals surface area contributed by atoms with Gasteiger partial charge >= 0.3 is 0 Å². The van der Waals surface area contributed by atoms with Gasteiger partial charge in [0.15, 0.2) is 0 Å². The molecule has 1 aromatic carbocycles. The van der Waals surface area contributed by atoms with Crippen LogP contribution in [0.3, 0.4) is 0 Å². The largest absolute Gasteiger partial charge is 0.358 e. The molecule has 0 unspecified atom stereocenters. The van der Waals surface area contributed by atoms with Gasteiger partial charge in [0.05, 0.1) is 0 Å². The number of nitrogens with zero attached hydrogens (tertiary/aromatic N) is 2. The molecule has 0 atom stereocenters. The molecule has 0 aliphatic carbocycles. The lowest BCUT2D eigenvalue weighted by Gasteiger charge is -2.05. The molecule has 0 saturated heterocycles. The fraction of sp³-hybridized carbons (Fsp3) is 0.222. The summed E-state index contributed by atoms with van der Waals surface area (Å²) >= 11 is 0. The summed E-state index contributed by atoms with van der Waals surface area (Å²) in [6.45, 7) is 2.65. The van der Waals surface area contributed by atoms with Gasteiger partial charge in [-0.3, -0.25) is 9.48 Å². The molecule has 3 rings (SSSR count). The van der Waals surface area contributed by atoms with E-state index in [1.54, 1.807) is 24.0 Å². The number of carbonyl (C=O) groups is 1. The number of aryl methyl sites for hydroxylation is 2. The quantitative estimate of drug-likeness (QED) is 0.761. The molecule has 5 nitrogen and oxygen atoms in total. The van der Waals surface area contributed by atoms with Crippen LogP contribution in [0.5, 0.6) is 0 Å². The second kappa shape index (κ2) is 6.52. The normalized spacial score (nSPS) is 10.7. The average molecular weight is 308 g/mol. The van der Waals surface area contributed by atoms with E-state index in [1.165, 1.54) is 11.1 Å². The molecule has 0 bridgehead atoms. The molecule has 2 N–H and O–H groups in total. The zero-order chi connectivity index (χ0) is 16.2. The van der Waals surface area contributed by atoms with Gasteiger partial charge in [-0.2, -0.15) is 5.10 Å². The summed E-state index contributed by atoms with van der Waals surface area (Å²) < 4.78 is 1.57. The van der Waals surface area contributed by atoms with E-state index in [4.69, 9.17) is 0 Å². The van der Waals surface area contributed by atoms with E-state index >= 15 is 0 Å². The van der Waals surface area contributed by atoms with Crippen LogP contribution in [0.2, 0.25) is 0 Å². The minimum Gasteiger partial charge on any atom is -0.358 e. The van der Waals surface area contributed by atoms with Crippen LogP contribution in [-0.4, -0.2) is 27.2 Å². The van der Waals surface area contributed by atoms with E-state index < -0.39 is 0 Å². The molecule has 0 aliphatic rings. The third kappa shape index (κ3) is 3.34. The topological polar surface area (TPSA) is 62.7 Å². The van der Waals surface area contributed by atoms with Gasteiger partial charge in [-0.05, 0) is 36.6 Å². The van der Waals surface area contributed by atoms with Gasteiger partial charge in [0.1, 0.15) is 5.69 Å². The van der Waals surface area contributed by atoms with E-state index in [0.29, 0.717) is 12.2 Å². The van der Waals surface area contributed by atoms with Crippen molar-refractivity contribution in [1.82, 2.24) is 20.1 Å². The molecule has 0 fully saturated rings. The zero-order valence-corrected chi connectivity index (χ0v) is 13.3. The second-order valence-electron chi connectivity index (χ2n) is 5.55. The van der Waals surface area contributed by atoms with Crippen LogP contribution in [0.25, 0.3) is 11.3 Å². The lowest BCUT2D eigenvalue weighted by Crippen LogP contribution is -2.27. The standard InChI is InChI=1S/C18H20N4O/c1-13-15(12-16(21-13)14-6-4-3-5-7-14)8-10-19-18(23)17-9-11-20-22(17)2/h3-7,9,11-12,21H,8,10H2,1-2H3,(H,19,23). The van der Waals surface area contributed by atoms with Gasteiger partial charge in [0, 0.05) is 31.2 Å². The molecule has 0 saturated carbocycles. The maximum atomic E-state index is 12.0. The predicted molar refractivity (Wildman–Crippen MR) is 90.2 cm³/mol. The van der Waals surface area contributed by atoms with Crippen molar-refractivity contribution in [1.29, 1.82) is 0 Å². The van der Waals surface area contributed by atoms with Crippen molar-refractivity contribution >= 4 is 5.91 Å². The molecule has 0 radical (unpaired) electrons. The smallest absolute Gasteiger partial charge is 0.269 e. The molecule has 1 amide bonds. The number of benzene rings is 1. The Balaban J connectivity index is 1.62. The first-order valence-corrected chi connectivity index (χ1v) is 7.65. The summed E-state index contributed by atoms with van der Waals surface area (Å²) in [6.07, 6.45) is 2.41. The molecule has 2 aromatic heterocycles. The van der Waals surface area contributed by atoms with Crippen molar-refractivity contribution in [3.8, 4) is 11.3 Å². The fourth-order valence-corrected chi connectivity index (χ4v) is 2.63. The molecule has 118 valence electrons. The monoisotopic (exact) mass is 308 g/mol. The van der Waals surface area contributed by atoms with Crippen molar-refractivity contribution in [2.75, 3.05) is 6.54 Å². The lowest BCUT2D eigenvalue weighted by atomic mass is 10.1. The van der Waals surface area contributed by atoms with Crippen molar-refractivity contribution in [3.05, 3.63) is 65.6 Å². The number of aromatic nitrogens is 3. The van der Waals surface area contributed by atoms with Crippen LogP contribution in [0, 0.1) is 6.92 Å². The Morgan fingerprint density at radius 2 is 2.04 bits per heavy atom. The Bertz CT molecular complexity index is 802. The average Bonchev–Trinajstić information content (AvgIpc) is 3.14. The van der Waals surface area contributed by atoms with Crippen molar-refractivity contribution in [2.45, 2.75) is 13.3 Å². The Morgan fingerprint density at radius 3 is 2.74 bits per heavy atom. The minimum atomic E-state index is -0.0959. The third-order valence-electron chi connectivity index (χ3n) is 3.94. The highest BCUT2D eigenvalue weighted by atomic mass is 16.2. The first-order valence-electron chi connectivity index (χ1n) is 7.65. The fourth-order valence-electron chi connectivity index (χ4n) is 2.63. The Kier molecular flexibility index (Phi) is 4.28. The van der Waals surface area contributed by atoms with Gasteiger partial charge in [-0.15, -0.1) is 0 Å². The van der Waals surface area contributed by atoms with Crippen LogP contribution in [0.15, 0.2) is 48.7 Å². The maximum Gasteiger partial charge on any atom is 0.269 e. The van der Waals surface area contributed by atoms with E-state index in [0.717, 1.165) is 17.8 Å². The molecule has 0 aliphatic heterocycles. The number of hydrogen-bond acceptors (Lipinski definition) is 2. The summed E-state index contributed by atoms with van der Waals surface area (Å²) in [7, 11) is 1.76. The second-order valence-corrected chi connectivity index (χ2v) is 5.55. The molecule has 23 heavy (non-hydrogen) atoms. The highest BCUT2D eigenvalue weighted by molar-refractivity contribution is 5.92. The van der Waals surface area contributed by atoms with E-state index in [2.05, 4.69) is 40.5 Å². The van der Waals surface area contributed by atoms with E-state index in [-0.39, 0.29) is 5.91 Å². The minimum absolute atomic E-state index is 0.0959. The maximum absolute atomic E-state index is 12.0. The number of nitrogens with one attached hydrogen (secondary N) is 2. The summed E-state index contributed by atoms with van der Waals surface area (Å²) in [5.74, 6) is -0.0959. The van der Waals surface area contributed by atoms with Gasteiger partial charge < -0.3 is 10.3 Å². The zero-order valence-electron chi connectivity index (χ0n) is 13.3. The number of carbonyl (C=O) groups excluding carboxylic acids is 1. The predicted octanol–water partition coefficient (Wildman–Crippen LogP) is 2.70. The molecular weight excluding hydrogens is 288 g/mol. The molecule has 5 heteroatoms. The van der Waals surface area contributed by atoms with E-state index in [9.17, 15) is 4.79 Å². The third-order valence-corrected chi connectivity index (χ3v) is 3.94. The molecule has 0 spiro atoms. The van der Waals surface area contributed by atoms with Crippen molar-refractivity contribution in [3.63, 3.8) is 0 Å². The summed E-state index contributed by atoms with van der Waals surface area (Å²) in [4.78, 5) is 15.5. The highest BCUT2D eigenvalue weighted by Gasteiger charge is 2.10. The summed E-state index contributed by atoms with van der Waals surface area (Å²) in [6, 6.07) is 14.1. The van der Waals surface area contributed by atoms with Crippen LogP contribution in [0.4, 0.5) is 0 Å². The SMILES string of the molecule is Cc1[nH]c(-c2ccccc2)cc1CCNC(=O)c1ccnn1C. The Labute approximate surface area is 135 Å². The van der Waals surface area contributed by atoms with Crippen LogP contribution >= 0.6 is 0 Å². The number of H-pyrrole nitrogens is 1. The van der Waals surface area contributed by atoms with Crippen molar-refractivity contribution < 1.29 is 4.79 Å². The number of hydrogen-bond donors (Lipinski definition) is 2. The van der Waals surface area contributed by atoms with Crippen molar-refractivity contribution in [2.24, 2.45) is 7.05 Å². The highest BCUT2D eigenvalue weighted by Crippen LogP contribution is 2.21. The lowest BCUT2D eigenvalue weighted by molar-refractivity contribution is 0.0944.